The molecule has 1 saturated heterocycles. The van der Waals surface area contributed by atoms with Crippen molar-refractivity contribution in [1.29, 1.82) is 0 Å². The number of hydrogen-bond donors (Lipinski definition) is 2. The minimum absolute atomic E-state index is 0. The van der Waals surface area contributed by atoms with Crippen molar-refractivity contribution in [2.24, 2.45) is 5.41 Å². The van der Waals surface area contributed by atoms with E-state index in [1.807, 2.05) is 24.3 Å². The molecule has 1 atom stereocenters. The fraction of sp³-hybridized carbons (Fsp3) is 0.538. The normalized spacial score (nSPS) is 27.3. The van der Waals surface area contributed by atoms with E-state index in [9.17, 15) is 5.11 Å². The van der Waals surface area contributed by atoms with Crippen LogP contribution >= 0.6 is 24.0 Å². The first-order chi connectivity index (χ1) is 7.46. The number of benzene rings is 1. The summed E-state index contributed by atoms with van der Waals surface area (Å²) in [4.78, 5) is 0. The molecule has 1 aliphatic rings. The minimum Gasteiger partial charge on any atom is -0.385 e. The van der Waals surface area contributed by atoms with Gasteiger partial charge in [0.1, 0.15) is 0 Å². The molecular formula is C13H19Cl2NO. The molecular weight excluding hydrogens is 257 g/mol. The lowest BCUT2D eigenvalue weighted by atomic mass is 9.67. The fourth-order valence-electron chi connectivity index (χ4n) is 2.42. The number of halogens is 2. The molecule has 1 aromatic carbocycles. The van der Waals surface area contributed by atoms with Gasteiger partial charge in [0.05, 0.1) is 5.60 Å². The zero-order chi connectivity index (χ0) is 11.8. The second-order valence-electron chi connectivity index (χ2n) is 5.18. The highest BCUT2D eigenvalue weighted by molar-refractivity contribution is 6.30. The van der Waals surface area contributed by atoms with Crippen LogP contribution in [-0.4, -0.2) is 18.2 Å². The van der Waals surface area contributed by atoms with Gasteiger partial charge in [-0.2, -0.15) is 0 Å². The largest absolute Gasteiger partial charge is 0.385 e. The molecule has 0 amide bonds. The van der Waals surface area contributed by atoms with Crippen molar-refractivity contribution in [3.63, 3.8) is 0 Å². The smallest absolute Gasteiger partial charge is 0.0971 e. The molecule has 2 N–H and O–H groups in total. The summed E-state index contributed by atoms with van der Waals surface area (Å²) < 4.78 is 0. The maximum atomic E-state index is 10.9. The summed E-state index contributed by atoms with van der Waals surface area (Å²) in [5.41, 5.74) is 0.0328. The molecule has 2 rings (SSSR count). The summed E-state index contributed by atoms with van der Waals surface area (Å²) in [6.45, 7) is 5.86. The zero-order valence-corrected chi connectivity index (χ0v) is 11.7. The predicted molar refractivity (Wildman–Crippen MR) is 73.9 cm³/mol. The van der Waals surface area contributed by atoms with Gasteiger partial charge in [0.15, 0.2) is 0 Å². The fourth-order valence-corrected chi connectivity index (χ4v) is 2.54. The van der Waals surface area contributed by atoms with Crippen molar-refractivity contribution in [1.82, 2.24) is 5.32 Å². The molecule has 96 valence electrons. The Morgan fingerprint density at radius 2 is 1.82 bits per heavy atom. The first-order valence-electron chi connectivity index (χ1n) is 5.65. The third-order valence-electron chi connectivity index (χ3n) is 3.67. The highest BCUT2D eigenvalue weighted by atomic mass is 35.5. The number of hydrogen-bond acceptors (Lipinski definition) is 2. The average Bonchev–Trinajstić information content (AvgIpc) is 2.23. The second-order valence-corrected chi connectivity index (χ2v) is 5.61. The molecule has 1 heterocycles. The summed E-state index contributed by atoms with van der Waals surface area (Å²) in [6, 6.07) is 7.53. The molecule has 1 unspecified atom stereocenters. The van der Waals surface area contributed by atoms with Crippen LogP contribution in [0, 0.1) is 5.41 Å². The molecule has 1 aromatic rings. The van der Waals surface area contributed by atoms with Crippen LogP contribution in [0.25, 0.3) is 0 Å². The summed E-state index contributed by atoms with van der Waals surface area (Å²) >= 11 is 5.87. The van der Waals surface area contributed by atoms with Gasteiger partial charge in [0, 0.05) is 17.0 Å². The van der Waals surface area contributed by atoms with Gasteiger partial charge in [-0.05, 0) is 30.7 Å². The first kappa shape index (κ1) is 14.8. The van der Waals surface area contributed by atoms with Crippen LogP contribution in [0.1, 0.15) is 25.8 Å². The molecule has 0 aromatic heterocycles. The van der Waals surface area contributed by atoms with Crippen LogP contribution in [0.15, 0.2) is 24.3 Å². The van der Waals surface area contributed by atoms with Crippen LogP contribution < -0.4 is 5.32 Å². The quantitative estimate of drug-likeness (QED) is 0.826. The van der Waals surface area contributed by atoms with E-state index in [1.165, 1.54) is 0 Å². The Morgan fingerprint density at radius 3 is 2.35 bits per heavy atom. The van der Waals surface area contributed by atoms with Gasteiger partial charge in [-0.1, -0.05) is 37.6 Å². The molecule has 0 aliphatic carbocycles. The monoisotopic (exact) mass is 275 g/mol. The lowest BCUT2D eigenvalue weighted by Crippen LogP contribution is -2.53. The molecule has 0 saturated carbocycles. The Morgan fingerprint density at radius 1 is 1.24 bits per heavy atom. The molecule has 0 spiro atoms. The molecule has 1 aliphatic heterocycles. The molecule has 1 fully saturated rings. The third kappa shape index (κ3) is 2.60. The van der Waals surface area contributed by atoms with Crippen molar-refractivity contribution in [3.8, 4) is 0 Å². The summed E-state index contributed by atoms with van der Waals surface area (Å²) in [6.07, 6.45) is 0.738. The highest BCUT2D eigenvalue weighted by Gasteiger charge is 2.46. The SMILES string of the molecule is CC1(C)CNCCC1(O)c1ccc(Cl)cc1.Cl. The second kappa shape index (κ2) is 5.15. The van der Waals surface area contributed by atoms with Crippen molar-refractivity contribution >= 4 is 24.0 Å². The van der Waals surface area contributed by atoms with Gasteiger partial charge in [-0.15, -0.1) is 12.4 Å². The highest BCUT2D eigenvalue weighted by Crippen LogP contribution is 2.43. The van der Waals surface area contributed by atoms with E-state index in [0.717, 1.165) is 25.1 Å². The third-order valence-corrected chi connectivity index (χ3v) is 3.92. The maximum Gasteiger partial charge on any atom is 0.0971 e. The lowest BCUT2D eigenvalue weighted by Gasteiger charge is -2.47. The van der Waals surface area contributed by atoms with E-state index < -0.39 is 5.60 Å². The Labute approximate surface area is 114 Å². The maximum absolute atomic E-state index is 10.9. The van der Waals surface area contributed by atoms with Gasteiger partial charge in [-0.25, -0.2) is 0 Å². The number of nitrogens with one attached hydrogen (secondary N) is 1. The van der Waals surface area contributed by atoms with Gasteiger partial charge in [-0.3, -0.25) is 0 Å². The van der Waals surface area contributed by atoms with Crippen LogP contribution in [0.5, 0.6) is 0 Å². The van der Waals surface area contributed by atoms with Gasteiger partial charge in [0.2, 0.25) is 0 Å². The topological polar surface area (TPSA) is 32.3 Å². The van der Waals surface area contributed by atoms with Crippen molar-refractivity contribution in [2.45, 2.75) is 25.9 Å². The molecule has 4 heteroatoms. The molecule has 0 radical (unpaired) electrons. The summed E-state index contributed by atoms with van der Waals surface area (Å²) in [7, 11) is 0. The zero-order valence-electron chi connectivity index (χ0n) is 10.2. The lowest BCUT2D eigenvalue weighted by molar-refractivity contribution is -0.0944. The number of rotatable bonds is 1. The van der Waals surface area contributed by atoms with Crippen molar-refractivity contribution in [3.05, 3.63) is 34.9 Å². The van der Waals surface area contributed by atoms with Crippen molar-refractivity contribution in [2.75, 3.05) is 13.1 Å². The number of aliphatic hydroxyl groups is 1. The molecule has 2 nitrogen and oxygen atoms in total. The van der Waals surface area contributed by atoms with E-state index in [4.69, 9.17) is 11.6 Å². The Balaban J connectivity index is 0.00000144. The molecule has 17 heavy (non-hydrogen) atoms. The van der Waals surface area contributed by atoms with Gasteiger partial charge in [0.25, 0.3) is 0 Å². The Hall–Kier alpha value is -0.280. The van der Waals surface area contributed by atoms with E-state index in [0.29, 0.717) is 5.02 Å². The number of piperidine rings is 1. The Bertz CT molecular complexity index is 378. The first-order valence-corrected chi connectivity index (χ1v) is 6.03. The Kier molecular flexibility index (Phi) is 4.48. The van der Waals surface area contributed by atoms with E-state index in [1.54, 1.807) is 0 Å². The minimum atomic E-state index is -0.761. The van der Waals surface area contributed by atoms with Gasteiger partial charge < -0.3 is 10.4 Å². The van der Waals surface area contributed by atoms with Crippen LogP contribution in [0.4, 0.5) is 0 Å². The standard InChI is InChI=1S/C13H18ClNO.ClH/c1-12(2)9-15-8-7-13(12,16)10-3-5-11(14)6-4-10;/h3-6,15-16H,7-9H2,1-2H3;1H. The van der Waals surface area contributed by atoms with Crippen LogP contribution in [0.2, 0.25) is 5.02 Å². The van der Waals surface area contributed by atoms with E-state index >= 15 is 0 Å². The average molecular weight is 276 g/mol. The van der Waals surface area contributed by atoms with E-state index in [2.05, 4.69) is 19.2 Å². The summed E-state index contributed by atoms with van der Waals surface area (Å²) in [5.74, 6) is 0. The van der Waals surface area contributed by atoms with Gasteiger partial charge >= 0.3 is 0 Å². The molecule has 0 bridgehead atoms. The van der Waals surface area contributed by atoms with E-state index in [-0.39, 0.29) is 17.8 Å². The van der Waals surface area contributed by atoms with Crippen LogP contribution in [0.3, 0.4) is 0 Å². The van der Waals surface area contributed by atoms with Crippen molar-refractivity contribution < 1.29 is 5.11 Å². The van der Waals surface area contributed by atoms with Crippen LogP contribution in [-0.2, 0) is 5.60 Å². The predicted octanol–water partition coefficient (Wildman–Crippen LogP) is 2.97. The summed E-state index contributed by atoms with van der Waals surface area (Å²) in [5, 5.41) is 14.9.